The summed E-state index contributed by atoms with van der Waals surface area (Å²) in [5.74, 6) is -1.92. The van der Waals surface area contributed by atoms with Crippen molar-refractivity contribution in [3.8, 4) is 5.75 Å². The number of aryl methyl sites for hydroxylation is 1. The third kappa shape index (κ3) is 4.05. The van der Waals surface area contributed by atoms with E-state index >= 15 is 0 Å². The van der Waals surface area contributed by atoms with Crippen molar-refractivity contribution in [1.29, 1.82) is 0 Å². The van der Waals surface area contributed by atoms with Crippen LogP contribution in [0, 0.1) is 0 Å². The maximum Gasteiger partial charge on any atom is 0.326 e. The van der Waals surface area contributed by atoms with Gasteiger partial charge in [-0.15, -0.1) is 0 Å². The third-order valence-electron chi connectivity index (χ3n) is 4.20. The summed E-state index contributed by atoms with van der Waals surface area (Å²) in [6.07, 6.45) is 1.11. The largest absolute Gasteiger partial charge is 0.484 e. The van der Waals surface area contributed by atoms with E-state index in [0.29, 0.717) is 17.4 Å². The second-order valence-corrected chi connectivity index (χ2v) is 6.18. The highest BCUT2D eigenvalue weighted by molar-refractivity contribution is 5.88. The van der Waals surface area contributed by atoms with Crippen LogP contribution < -0.4 is 21.3 Å². The van der Waals surface area contributed by atoms with Gasteiger partial charge in [-0.1, -0.05) is 0 Å². The predicted octanol–water partition coefficient (Wildman–Crippen LogP) is -0.834. The molecule has 2 heterocycles. The van der Waals surface area contributed by atoms with Crippen LogP contribution in [0.3, 0.4) is 0 Å². The average molecular weight is 374 g/mol. The molecule has 0 spiro atoms. The van der Waals surface area contributed by atoms with Crippen molar-refractivity contribution >= 4 is 28.7 Å². The number of carboxylic acids is 1. The second-order valence-electron chi connectivity index (χ2n) is 6.18. The van der Waals surface area contributed by atoms with E-state index in [2.05, 4.69) is 10.3 Å². The normalized spacial score (nSPS) is 13.8. The molecule has 1 unspecified atom stereocenters. The van der Waals surface area contributed by atoms with Crippen molar-refractivity contribution in [1.82, 2.24) is 14.9 Å². The fourth-order valence-electron chi connectivity index (χ4n) is 2.94. The number of primary amides is 1. The first-order valence-electron chi connectivity index (χ1n) is 8.32. The molecule has 2 amide bonds. The van der Waals surface area contributed by atoms with Gasteiger partial charge in [-0.2, -0.15) is 0 Å². The summed E-state index contributed by atoms with van der Waals surface area (Å²) >= 11 is 0. The van der Waals surface area contributed by atoms with Gasteiger partial charge in [-0.05, 0) is 24.6 Å². The number of hydrogen-bond acceptors (Lipinski definition) is 6. The number of carboxylic acid groups (broad SMARTS) is 1. The number of aromatic nitrogens is 2. The Balaban J connectivity index is 1.70. The molecule has 4 N–H and O–H groups in total. The van der Waals surface area contributed by atoms with Gasteiger partial charge >= 0.3 is 5.97 Å². The van der Waals surface area contributed by atoms with Gasteiger partial charge in [0.15, 0.2) is 6.61 Å². The Morgan fingerprint density at radius 2 is 2.15 bits per heavy atom. The number of amides is 2. The number of nitrogens with two attached hydrogens (primary N) is 1. The Hall–Kier alpha value is -3.43. The number of fused-ring (bicyclic) bond motifs is 2. The topological polar surface area (TPSA) is 154 Å². The zero-order chi connectivity index (χ0) is 19.6. The average Bonchev–Trinajstić information content (AvgIpc) is 3.08. The van der Waals surface area contributed by atoms with Crippen molar-refractivity contribution in [3.63, 3.8) is 0 Å². The molecule has 0 saturated heterocycles. The lowest BCUT2D eigenvalue weighted by Crippen LogP contribution is -2.45. The molecular weight excluding hydrogens is 356 g/mol. The first-order chi connectivity index (χ1) is 12.8. The number of hydrogen-bond donors (Lipinski definition) is 3. The SMILES string of the molecule is NC(=O)CC(NC(=O)COc1ccc2nc3n(c(=O)c2c1)CCC3)C(=O)O. The molecule has 1 aromatic heterocycles. The van der Waals surface area contributed by atoms with Crippen LogP contribution >= 0.6 is 0 Å². The van der Waals surface area contributed by atoms with Gasteiger partial charge in [0.1, 0.15) is 17.6 Å². The Labute approximate surface area is 152 Å². The van der Waals surface area contributed by atoms with Crippen LogP contribution in [-0.2, 0) is 27.3 Å². The molecule has 10 nitrogen and oxygen atoms in total. The first-order valence-corrected chi connectivity index (χ1v) is 8.32. The minimum Gasteiger partial charge on any atom is -0.484 e. The van der Waals surface area contributed by atoms with Gasteiger partial charge in [-0.3, -0.25) is 19.0 Å². The van der Waals surface area contributed by atoms with Crippen LogP contribution in [0.25, 0.3) is 10.9 Å². The molecule has 142 valence electrons. The number of nitrogens with one attached hydrogen (secondary N) is 1. The molecule has 1 aliphatic rings. The van der Waals surface area contributed by atoms with Crippen LogP contribution in [0.2, 0.25) is 0 Å². The summed E-state index contributed by atoms with van der Waals surface area (Å²) in [5.41, 5.74) is 5.35. The lowest BCUT2D eigenvalue weighted by molar-refractivity contribution is -0.143. The Bertz CT molecular complexity index is 983. The molecule has 0 saturated carbocycles. The molecule has 1 aliphatic heterocycles. The van der Waals surface area contributed by atoms with E-state index in [0.717, 1.165) is 18.7 Å². The molecule has 0 fully saturated rings. The van der Waals surface area contributed by atoms with Gasteiger partial charge in [0.2, 0.25) is 5.91 Å². The van der Waals surface area contributed by atoms with Crippen LogP contribution in [-0.4, -0.2) is 45.1 Å². The van der Waals surface area contributed by atoms with Crippen LogP contribution in [0.5, 0.6) is 5.75 Å². The van der Waals surface area contributed by atoms with E-state index in [1.165, 1.54) is 6.07 Å². The standard InChI is InChI=1S/C17H18N4O6/c18-13(22)7-12(17(25)26)20-15(23)8-27-9-3-4-11-10(6-9)16(24)21-5-1-2-14(21)19-11/h3-4,6,12H,1-2,5,7-8H2,(H2,18,22)(H,20,23)(H,25,26). The smallest absolute Gasteiger partial charge is 0.326 e. The number of carbonyl (C=O) groups is 3. The second kappa shape index (κ2) is 7.44. The van der Waals surface area contributed by atoms with Crippen molar-refractivity contribution in [2.75, 3.05) is 6.61 Å². The predicted molar refractivity (Wildman–Crippen MR) is 93.2 cm³/mol. The molecule has 0 radical (unpaired) electrons. The fraction of sp³-hybridized carbons (Fsp3) is 0.353. The minimum absolute atomic E-state index is 0.158. The maximum atomic E-state index is 12.5. The molecule has 0 bridgehead atoms. The molecule has 27 heavy (non-hydrogen) atoms. The lowest BCUT2D eigenvalue weighted by atomic mass is 10.2. The highest BCUT2D eigenvalue weighted by Gasteiger charge is 2.22. The van der Waals surface area contributed by atoms with Crippen LogP contribution in [0.15, 0.2) is 23.0 Å². The molecule has 1 atom stereocenters. The van der Waals surface area contributed by atoms with E-state index in [-0.39, 0.29) is 11.3 Å². The van der Waals surface area contributed by atoms with E-state index in [9.17, 15) is 19.2 Å². The molecule has 0 aliphatic carbocycles. The summed E-state index contributed by atoms with van der Waals surface area (Å²) < 4.78 is 6.96. The molecule has 10 heteroatoms. The summed E-state index contributed by atoms with van der Waals surface area (Å²) in [6, 6.07) is 3.29. The Kier molecular flexibility index (Phi) is 5.06. The monoisotopic (exact) mass is 374 g/mol. The van der Waals surface area contributed by atoms with E-state index < -0.39 is 36.9 Å². The zero-order valence-corrected chi connectivity index (χ0v) is 14.3. The number of benzene rings is 1. The van der Waals surface area contributed by atoms with Crippen molar-refractivity contribution in [2.24, 2.45) is 5.73 Å². The highest BCUT2D eigenvalue weighted by Crippen LogP contribution is 2.19. The molecule has 2 aromatic rings. The Morgan fingerprint density at radius 3 is 2.85 bits per heavy atom. The minimum atomic E-state index is -1.42. The van der Waals surface area contributed by atoms with Crippen LogP contribution in [0.4, 0.5) is 0 Å². The van der Waals surface area contributed by atoms with Gasteiger partial charge in [0, 0.05) is 13.0 Å². The quantitative estimate of drug-likeness (QED) is 0.571. The van der Waals surface area contributed by atoms with E-state index in [1.54, 1.807) is 16.7 Å². The highest BCUT2D eigenvalue weighted by atomic mass is 16.5. The van der Waals surface area contributed by atoms with Crippen LogP contribution in [0.1, 0.15) is 18.7 Å². The number of rotatable bonds is 7. The van der Waals surface area contributed by atoms with Gasteiger partial charge in [0.25, 0.3) is 11.5 Å². The molecular formula is C17H18N4O6. The van der Waals surface area contributed by atoms with Gasteiger partial charge in [-0.25, -0.2) is 9.78 Å². The molecule has 1 aromatic carbocycles. The van der Waals surface area contributed by atoms with Crippen molar-refractivity contribution in [3.05, 3.63) is 34.4 Å². The maximum absolute atomic E-state index is 12.5. The summed E-state index contributed by atoms with van der Waals surface area (Å²) in [7, 11) is 0. The van der Waals surface area contributed by atoms with Gasteiger partial charge < -0.3 is 20.9 Å². The zero-order valence-electron chi connectivity index (χ0n) is 14.3. The summed E-state index contributed by atoms with van der Waals surface area (Å²) in [5, 5.41) is 11.5. The molecule has 3 rings (SSSR count). The number of aliphatic carboxylic acids is 1. The number of carbonyl (C=O) groups excluding carboxylic acids is 2. The Morgan fingerprint density at radius 1 is 1.37 bits per heavy atom. The van der Waals surface area contributed by atoms with E-state index in [4.69, 9.17) is 15.6 Å². The number of ether oxygens (including phenoxy) is 1. The first kappa shape index (κ1) is 18.4. The summed E-state index contributed by atoms with van der Waals surface area (Å²) in [6.45, 7) is 0.148. The third-order valence-corrected chi connectivity index (χ3v) is 4.20. The van der Waals surface area contributed by atoms with Crippen molar-refractivity contribution in [2.45, 2.75) is 31.8 Å². The lowest BCUT2D eigenvalue weighted by Gasteiger charge is -2.13. The van der Waals surface area contributed by atoms with E-state index in [1.807, 2.05) is 0 Å². The van der Waals surface area contributed by atoms with Crippen molar-refractivity contribution < 1.29 is 24.2 Å². The summed E-state index contributed by atoms with van der Waals surface area (Å²) in [4.78, 5) is 50.7. The fourth-order valence-corrected chi connectivity index (χ4v) is 2.94. The number of nitrogens with zero attached hydrogens (tertiary/aromatic N) is 2. The van der Waals surface area contributed by atoms with Gasteiger partial charge in [0.05, 0.1) is 17.3 Å².